The molecule has 0 unspecified atom stereocenters. The predicted octanol–water partition coefficient (Wildman–Crippen LogP) is -5.11. The van der Waals surface area contributed by atoms with Gasteiger partial charge in [0.1, 0.15) is 48.8 Å². The molecule has 7 N–H and O–H groups in total. The summed E-state index contributed by atoms with van der Waals surface area (Å²) >= 11 is 0. The number of hydrogen-bond donors (Lipinski definition) is 7. The van der Waals surface area contributed by atoms with Gasteiger partial charge in [-0.25, -0.2) is 0 Å². The number of nitrogens with zero attached hydrogens (tertiary/aromatic N) is 3. The van der Waals surface area contributed by atoms with Crippen LogP contribution in [-0.2, 0) is 14.2 Å². The maximum atomic E-state index is 10.3. The quantitative estimate of drug-likeness (QED) is 0.184. The molecule has 0 spiro atoms. The highest BCUT2D eigenvalue weighted by molar-refractivity contribution is 5.09. The van der Waals surface area contributed by atoms with E-state index in [0.29, 0.717) is 0 Å². The fraction of sp³-hybridized carbons (Fsp3) is 0.824. The summed E-state index contributed by atoms with van der Waals surface area (Å²) in [6.07, 6.45) is -15.6. The summed E-state index contributed by atoms with van der Waals surface area (Å²) in [6.45, 7) is -1.18. The minimum atomic E-state index is -1.74. The molecule has 3 rings (SSSR count). The summed E-state index contributed by atoms with van der Waals surface area (Å²) in [5.74, 6) is 0. The molecule has 1 aromatic rings. The predicted molar refractivity (Wildman–Crippen MR) is 100.0 cm³/mol. The molecule has 2 saturated heterocycles. The van der Waals surface area contributed by atoms with Gasteiger partial charge in [0.05, 0.1) is 27.4 Å². The Bertz CT molecular complexity index is 751. The highest BCUT2D eigenvalue weighted by atomic mass is 16.7. The van der Waals surface area contributed by atoms with Gasteiger partial charge in [-0.1, -0.05) is 0 Å². The Morgan fingerprint density at radius 1 is 0.667 bits per heavy atom. The van der Waals surface area contributed by atoms with E-state index < -0.39 is 74.6 Å². The van der Waals surface area contributed by atoms with Crippen molar-refractivity contribution in [1.29, 1.82) is 0 Å². The third-order valence-corrected chi connectivity index (χ3v) is 5.10. The highest BCUT2D eigenvalue weighted by Crippen LogP contribution is 2.27. The summed E-state index contributed by atoms with van der Waals surface area (Å²) in [4.78, 5) is 11.4. The van der Waals surface area contributed by atoms with E-state index in [1.54, 1.807) is 0 Å². The Kier molecular flexibility index (Phi) is 8.51. The van der Waals surface area contributed by atoms with Crippen LogP contribution in [0.2, 0.25) is 0 Å². The number of aromatic nitrogens is 3. The van der Waals surface area contributed by atoms with Crippen molar-refractivity contribution in [3.05, 3.63) is 0 Å². The third-order valence-electron chi connectivity index (χ3n) is 5.10. The van der Waals surface area contributed by atoms with E-state index in [0.717, 1.165) is 0 Å². The molecule has 0 bridgehead atoms. The number of ether oxygens (including phenoxy) is 6. The zero-order chi connectivity index (χ0) is 24.3. The van der Waals surface area contributed by atoms with Gasteiger partial charge in [-0.05, 0) is 0 Å². The van der Waals surface area contributed by atoms with Gasteiger partial charge >= 0.3 is 18.0 Å². The largest absolute Gasteiger partial charge is 0.467 e. The molecule has 16 nitrogen and oxygen atoms in total. The number of methoxy groups -OCH3 is 2. The van der Waals surface area contributed by atoms with Gasteiger partial charge in [0, 0.05) is 0 Å². The number of aliphatic hydroxyl groups excluding tert-OH is 7. The molecule has 3 heterocycles. The van der Waals surface area contributed by atoms with Crippen LogP contribution in [0.5, 0.6) is 18.0 Å². The van der Waals surface area contributed by atoms with Gasteiger partial charge in [-0.2, -0.15) is 0 Å². The van der Waals surface area contributed by atoms with Gasteiger partial charge in [0.15, 0.2) is 6.29 Å². The first-order chi connectivity index (χ1) is 15.7. The topological polar surface area (TPSA) is 236 Å². The van der Waals surface area contributed by atoms with Gasteiger partial charge in [-0.15, -0.1) is 15.0 Å². The molecule has 2 fully saturated rings. The Balaban J connectivity index is 1.68. The van der Waals surface area contributed by atoms with Crippen LogP contribution in [0.4, 0.5) is 0 Å². The Labute approximate surface area is 186 Å². The number of hydrogen-bond acceptors (Lipinski definition) is 16. The summed E-state index contributed by atoms with van der Waals surface area (Å²) < 4.78 is 31.2. The van der Waals surface area contributed by atoms with Crippen molar-refractivity contribution in [2.45, 2.75) is 61.4 Å². The lowest BCUT2D eigenvalue weighted by Crippen LogP contribution is -2.62. The first-order valence-electron chi connectivity index (χ1n) is 9.82. The molecule has 0 saturated carbocycles. The zero-order valence-electron chi connectivity index (χ0n) is 17.6. The molecule has 0 amide bonds. The smallest absolute Gasteiger partial charge is 0.328 e. The maximum Gasteiger partial charge on any atom is 0.328 e. The van der Waals surface area contributed by atoms with Gasteiger partial charge < -0.3 is 64.2 Å². The minimum absolute atomic E-state index is 0.162. The molecule has 0 radical (unpaired) electrons. The summed E-state index contributed by atoms with van der Waals surface area (Å²) in [6, 6.07) is -0.699. The number of aliphatic hydroxyl groups is 7. The van der Waals surface area contributed by atoms with Gasteiger partial charge in [0.25, 0.3) is 0 Å². The molecule has 1 aromatic heterocycles. The average molecular weight is 481 g/mol. The second kappa shape index (κ2) is 11.0. The van der Waals surface area contributed by atoms with Gasteiger partial charge in [0.2, 0.25) is 6.29 Å². The number of rotatable bonds is 8. The second-order valence-corrected chi connectivity index (χ2v) is 7.25. The lowest BCUT2D eigenvalue weighted by atomic mass is 9.98. The Morgan fingerprint density at radius 3 is 1.70 bits per heavy atom. The van der Waals surface area contributed by atoms with Crippen molar-refractivity contribution in [2.24, 2.45) is 0 Å². The van der Waals surface area contributed by atoms with Crippen molar-refractivity contribution >= 4 is 0 Å². The van der Waals surface area contributed by atoms with Crippen LogP contribution in [0.1, 0.15) is 0 Å². The normalized spacial score (nSPS) is 39.2. The van der Waals surface area contributed by atoms with Crippen molar-refractivity contribution in [3.63, 3.8) is 0 Å². The Morgan fingerprint density at radius 2 is 1.15 bits per heavy atom. The minimum Gasteiger partial charge on any atom is -0.467 e. The van der Waals surface area contributed by atoms with E-state index in [1.165, 1.54) is 14.2 Å². The zero-order valence-corrected chi connectivity index (χ0v) is 17.6. The van der Waals surface area contributed by atoms with Crippen molar-refractivity contribution in [1.82, 2.24) is 15.0 Å². The molecule has 188 valence electrons. The van der Waals surface area contributed by atoms with Crippen LogP contribution in [0.25, 0.3) is 0 Å². The monoisotopic (exact) mass is 481 g/mol. The van der Waals surface area contributed by atoms with Gasteiger partial charge in [-0.3, -0.25) is 0 Å². The van der Waals surface area contributed by atoms with E-state index in [4.69, 9.17) is 28.4 Å². The standard InChI is InChI=1S/C17H27N3O13/c1-28-15-18-16(29-2)20-17(19-15)33-14-12(27)10(25)8(23)6(32-14)4-30-13-11(26)9(24)7(22)5(3-21)31-13/h5-14,21-27H,3-4H2,1-2H3/t5-,6-,7+,8-,9+,10+,11-,12-,13+,14+/m1/s1. The van der Waals surface area contributed by atoms with Crippen LogP contribution in [0.3, 0.4) is 0 Å². The van der Waals surface area contributed by atoms with Crippen LogP contribution in [-0.4, -0.2) is 140 Å². The molecular formula is C17H27N3O13. The molecule has 0 aromatic carbocycles. The van der Waals surface area contributed by atoms with E-state index in [1.807, 2.05) is 0 Å². The lowest BCUT2D eigenvalue weighted by Gasteiger charge is -2.42. The van der Waals surface area contributed by atoms with Crippen molar-refractivity contribution in [3.8, 4) is 18.0 Å². The van der Waals surface area contributed by atoms with Crippen LogP contribution in [0.15, 0.2) is 0 Å². The summed E-state index contributed by atoms with van der Waals surface area (Å²) in [7, 11) is 2.58. The average Bonchev–Trinajstić information content (AvgIpc) is 2.82. The molecule has 0 aliphatic carbocycles. The molecule has 2 aliphatic rings. The fourth-order valence-corrected chi connectivity index (χ4v) is 3.21. The van der Waals surface area contributed by atoms with Crippen LogP contribution >= 0.6 is 0 Å². The van der Waals surface area contributed by atoms with Crippen molar-refractivity contribution in [2.75, 3.05) is 27.4 Å². The summed E-state index contributed by atoms with van der Waals surface area (Å²) in [5.41, 5.74) is 0. The Hall–Kier alpha value is -1.99. The molecule has 10 atom stereocenters. The van der Waals surface area contributed by atoms with Crippen LogP contribution in [0, 0.1) is 0 Å². The van der Waals surface area contributed by atoms with E-state index in [9.17, 15) is 35.7 Å². The molecule has 16 heteroatoms. The van der Waals surface area contributed by atoms with E-state index in [-0.39, 0.29) is 18.0 Å². The molecular weight excluding hydrogens is 454 g/mol. The molecule has 2 aliphatic heterocycles. The lowest BCUT2D eigenvalue weighted by molar-refractivity contribution is -0.323. The summed E-state index contributed by atoms with van der Waals surface area (Å²) in [5, 5.41) is 69.7. The highest BCUT2D eigenvalue weighted by Gasteiger charge is 2.48. The fourth-order valence-electron chi connectivity index (χ4n) is 3.21. The first-order valence-corrected chi connectivity index (χ1v) is 9.82. The van der Waals surface area contributed by atoms with E-state index >= 15 is 0 Å². The molecule has 33 heavy (non-hydrogen) atoms. The SMILES string of the molecule is COc1nc(OC)nc(O[C@@H]2O[C@H](CO[C@H]3O[C@H](CO)[C@H](O)[C@H](O)[C@H]3O)[C@@H](O)[C@H](O)[C@H]2O)n1. The third kappa shape index (κ3) is 5.57. The maximum absolute atomic E-state index is 10.3. The first kappa shape index (κ1) is 25.6. The van der Waals surface area contributed by atoms with Crippen LogP contribution < -0.4 is 14.2 Å². The van der Waals surface area contributed by atoms with E-state index in [2.05, 4.69) is 15.0 Å². The van der Waals surface area contributed by atoms with Crippen molar-refractivity contribution < 1.29 is 64.2 Å². The second-order valence-electron chi connectivity index (χ2n) is 7.25.